The highest BCUT2D eigenvalue weighted by Gasteiger charge is 2.17. The van der Waals surface area contributed by atoms with Gasteiger partial charge in [0.25, 0.3) is 0 Å². The molecule has 0 unspecified atom stereocenters. The Morgan fingerprint density at radius 1 is 1.11 bits per heavy atom. The van der Waals surface area contributed by atoms with Crippen molar-refractivity contribution in [3.8, 4) is 11.5 Å². The minimum Gasteiger partial charge on any atom is -0.497 e. The summed E-state index contributed by atoms with van der Waals surface area (Å²) in [5.41, 5.74) is 7.82. The van der Waals surface area contributed by atoms with Crippen molar-refractivity contribution in [1.29, 1.82) is 0 Å². The Morgan fingerprint density at radius 3 is 2.43 bits per heavy atom. The van der Waals surface area contributed by atoms with Gasteiger partial charge in [-0.05, 0) is 36.7 Å². The number of ether oxygens (including phenoxy) is 2. The second-order valence-electron chi connectivity index (χ2n) is 7.14. The Labute approximate surface area is 204 Å². The maximum absolute atomic E-state index is 5.62. The molecule has 0 saturated carbocycles. The van der Waals surface area contributed by atoms with Crippen molar-refractivity contribution in [2.24, 2.45) is 20.7 Å². The second-order valence-corrected chi connectivity index (χ2v) is 7.14. The van der Waals surface area contributed by atoms with E-state index < -0.39 is 0 Å². The van der Waals surface area contributed by atoms with Crippen molar-refractivity contribution >= 4 is 42.2 Å². The molecule has 2 aromatic heterocycles. The van der Waals surface area contributed by atoms with Gasteiger partial charge >= 0.3 is 0 Å². The maximum atomic E-state index is 5.62. The van der Waals surface area contributed by atoms with Crippen LogP contribution in [0.15, 0.2) is 75.5 Å². The summed E-state index contributed by atoms with van der Waals surface area (Å²) in [6.07, 6.45) is 8.83. The lowest BCUT2D eigenvalue weighted by Gasteiger charge is -2.24. The minimum absolute atomic E-state index is 0.352. The lowest BCUT2D eigenvalue weighted by atomic mass is 10.2. The van der Waals surface area contributed by atoms with Crippen LogP contribution in [0.25, 0.3) is 0 Å². The third kappa shape index (κ3) is 6.70. The smallest absolute Gasteiger partial charge is 0.179 e. The molecular weight excluding hydrogens is 444 g/mol. The number of aromatic nitrogens is 3. The largest absolute Gasteiger partial charge is 0.497 e. The summed E-state index contributed by atoms with van der Waals surface area (Å²) in [5.74, 6) is 2.89. The van der Waals surface area contributed by atoms with Crippen molar-refractivity contribution in [1.82, 2.24) is 15.0 Å². The van der Waals surface area contributed by atoms with Gasteiger partial charge in [0.1, 0.15) is 28.8 Å². The summed E-state index contributed by atoms with van der Waals surface area (Å²) < 4.78 is 10.9. The summed E-state index contributed by atoms with van der Waals surface area (Å²) in [6.45, 7) is 4.02. The Hall–Kier alpha value is -4.60. The average molecular weight is 473 g/mol. The summed E-state index contributed by atoms with van der Waals surface area (Å²) in [7, 11) is 4.89. The molecule has 0 saturated heterocycles. The highest BCUT2D eigenvalue weighted by molar-refractivity contribution is 5.85. The third-order valence-electron chi connectivity index (χ3n) is 4.90. The molecule has 10 heteroatoms. The van der Waals surface area contributed by atoms with Gasteiger partial charge in [-0.25, -0.2) is 19.9 Å². The predicted octanol–water partition coefficient (Wildman–Crippen LogP) is 4.19. The number of hydrogen-bond donors (Lipinski definition) is 1. The predicted molar refractivity (Wildman–Crippen MR) is 140 cm³/mol. The number of rotatable bonds is 11. The van der Waals surface area contributed by atoms with Gasteiger partial charge in [-0.15, -0.1) is 0 Å². The van der Waals surface area contributed by atoms with Gasteiger partial charge in [-0.3, -0.25) is 9.98 Å². The monoisotopic (exact) mass is 472 g/mol. The lowest BCUT2D eigenvalue weighted by molar-refractivity contribution is 0.394. The van der Waals surface area contributed by atoms with E-state index in [4.69, 9.17) is 20.2 Å². The Balaban J connectivity index is 2.01. The first-order chi connectivity index (χ1) is 17.1. The molecule has 0 aliphatic heterocycles. The van der Waals surface area contributed by atoms with Crippen LogP contribution in [0.4, 0.5) is 23.0 Å². The van der Waals surface area contributed by atoms with Crippen LogP contribution in [-0.4, -0.2) is 55.4 Å². The van der Waals surface area contributed by atoms with Crippen LogP contribution < -0.4 is 20.1 Å². The van der Waals surface area contributed by atoms with Gasteiger partial charge in [-0.2, -0.15) is 0 Å². The number of methoxy groups -OCH3 is 2. The molecule has 0 amide bonds. The van der Waals surface area contributed by atoms with Crippen LogP contribution in [0.5, 0.6) is 11.5 Å². The van der Waals surface area contributed by atoms with Crippen LogP contribution in [0.2, 0.25) is 0 Å². The van der Waals surface area contributed by atoms with Gasteiger partial charge in [0.2, 0.25) is 0 Å². The van der Waals surface area contributed by atoms with E-state index in [1.807, 2.05) is 29.2 Å². The molecule has 0 fully saturated rings. The molecular formula is C25H28N8O2. The van der Waals surface area contributed by atoms with E-state index in [1.165, 1.54) is 6.20 Å². The van der Waals surface area contributed by atoms with Crippen LogP contribution in [-0.2, 0) is 6.54 Å². The fraction of sp³-hybridized carbons (Fsp3) is 0.200. The average Bonchev–Trinajstić information content (AvgIpc) is 2.91. The van der Waals surface area contributed by atoms with Crippen LogP contribution in [0.1, 0.15) is 12.2 Å². The fourth-order valence-corrected chi connectivity index (χ4v) is 3.18. The summed E-state index contributed by atoms with van der Waals surface area (Å²) >= 11 is 0. The molecule has 180 valence electrons. The highest BCUT2D eigenvalue weighted by Crippen LogP contribution is 2.35. The lowest BCUT2D eigenvalue weighted by Crippen LogP contribution is -2.19. The minimum atomic E-state index is 0.352. The van der Waals surface area contributed by atoms with Gasteiger partial charge in [0.15, 0.2) is 5.82 Å². The fourth-order valence-electron chi connectivity index (χ4n) is 3.18. The number of anilines is 2. The molecule has 0 spiro atoms. The van der Waals surface area contributed by atoms with Crippen molar-refractivity contribution in [3.05, 3.63) is 66.4 Å². The first kappa shape index (κ1) is 25.0. The van der Waals surface area contributed by atoms with Crippen molar-refractivity contribution in [2.45, 2.75) is 13.0 Å². The Bertz CT molecular complexity index is 1200. The third-order valence-corrected chi connectivity index (χ3v) is 4.90. The molecule has 10 nitrogen and oxygen atoms in total. The molecule has 3 aromatic rings. The molecule has 1 aromatic carbocycles. The molecule has 35 heavy (non-hydrogen) atoms. The molecule has 0 bridgehead atoms. The molecule has 2 N–H and O–H groups in total. The molecule has 2 heterocycles. The molecule has 0 atom stereocenters. The SMILES string of the molecule is C=Nc1nc(N(Cc2ncccn2)c2cc(OC)cc(OC)c2)ccc1N=CCC(C=NC)=CN. The van der Waals surface area contributed by atoms with E-state index in [0.29, 0.717) is 47.6 Å². The van der Waals surface area contributed by atoms with Crippen LogP contribution in [0.3, 0.4) is 0 Å². The number of nitrogens with two attached hydrogens (primary N) is 1. The normalized spacial score (nSPS) is 11.7. The van der Waals surface area contributed by atoms with Crippen molar-refractivity contribution in [2.75, 3.05) is 26.2 Å². The van der Waals surface area contributed by atoms with Gasteiger partial charge in [0.05, 0.1) is 26.5 Å². The first-order valence-corrected chi connectivity index (χ1v) is 10.7. The van der Waals surface area contributed by atoms with E-state index in [2.05, 4.69) is 31.7 Å². The van der Waals surface area contributed by atoms with Crippen molar-refractivity contribution < 1.29 is 9.47 Å². The quantitative estimate of drug-likeness (QED) is 0.415. The van der Waals surface area contributed by atoms with Gasteiger partial charge in [0, 0.05) is 56.5 Å². The standard InChI is InChI=1S/C25H28N8O2/c1-27-16-18(15-26)8-11-29-22-6-7-24(32-25(22)28-2)33(17-23-30-9-5-10-31-23)19-12-20(34-3)14-21(13-19)35-4/h5-7,9-16H,2,8,17,26H2,1,3-4H3. The zero-order valence-corrected chi connectivity index (χ0v) is 20.0. The zero-order valence-electron chi connectivity index (χ0n) is 20.0. The highest BCUT2D eigenvalue weighted by atomic mass is 16.5. The van der Waals surface area contributed by atoms with E-state index in [0.717, 1.165) is 11.3 Å². The summed E-state index contributed by atoms with van der Waals surface area (Å²) in [4.78, 5) is 27.9. The number of hydrogen-bond acceptors (Lipinski definition) is 10. The Morgan fingerprint density at radius 2 is 1.83 bits per heavy atom. The molecule has 0 aliphatic carbocycles. The summed E-state index contributed by atoms with van der Waals surface area (Å²) in [5, 5.41) is 0. The number of pyridine rings is 1. The number of aliphatic imine (C=N–C) groups is 3. The van der Waals surface area contributed by atoms with Crippen LogP contribution >= 0.6 is 0 Å². The topological polar surface area (TPSA) is 123 Å². The van der Waals surface area contributed by atoms with Gasteiger partial charge in [-0.1, -0.05) is 0 Å². The zero-order chi connectivity index (χ0) is 25.0. The molecule has 0 aliphatic rings. The number of benzene rings is 1. The second kappa shape index (κ2) is 12.6. The van der Waals surface area contributed by atoms with E-state index in [1.54, 1.807) is 58.2 Å². The number of nitrogens with zero attached hydrogens (tertiary/aromatic N) is 7. The van der Waals surface area contributed by atoms with E-state index >= 15 is 0 Å². The van der Waals surface area contributed by atoms with Crippen molar-refractivity contribution in [3.63, 3.8) is 0 Å². The first-order valence-electron chi connectivity index (χ1n) is 10.7. The maximum Gasteiger partial charge on any atom is 0.179 e. The number of allylic oxidation sites excluding steroid dienone is 1. The van der Waals surface area contributed by atoms with Gasteiger partial charge < -0.3 is 20.1 Å². The molecule has 0 radical (unpaired) electrons. The Kier molecular flexibility index (Phi) is 9.00. The summed E-state index contributed by atoms with van der Waals surface area (Å²) in [6, 6.07) is 11.0. The molecule has 3 rings (SSSR count). The van der Waals surface area contributed by atoms with E-state index in [-0.39, 0.29) is 0 Å². The van der Waals surface area contributed by atoms with E-state index in [9.17, 15) is 0 Å². The van der Waals surface area contributed by atoms with Crippen LogP contribution in [0, 0.1) is 0 Å².